The van der Waals surface area contributed by atoms with Gasteiger partial charge in [0.15, 0.2) is 0 Å². The molecule has 0 atom stereocenters. The molecule has 1 aromatic rings. The summed E-state index contributed by atoms with van der Waals surface area (Å²) in [7, 11) is -3.54. The van der Waals surface area contributed by atoms with Crippen molar-refractivity contribution in [3.63, 3.8) is 0 Å². The van der Waals surface area contributed by atoms with Crippen LogP contribution in [0, 0.1) is 5.92 Å². The second kappa shape index (κ2) is 6.70. The zero-order valence-electron chi connectivity index (χ0n) is 12.3. The number of sulfonamides is 1. The quantitative estimate of drug-likeness (QED) is 0.848. The number of aromatic nitrogens is 1. The Morgan fingerprint density at radius 1 is 1.36 bits per heavy atom. The van der Waals surface area contributed by atoms with Crippen molar-refractivity contribution < 1.29 is 13.2 Å². The number of rotatable bonds is 6. The monoisotopic (exact) mass is 345 g/mol. The molecule has 3 rings (SSSR count). The lowest BCUT2D eigenvalue weighted by atomic mass is 10.3. The van der Waals surface area contributed by atoms with Gasteiger partial charge in [0.25, 0.3) is 0 Å². The minimum absolute atomic E-state index is 0.116. The van der Waals surface area contributed by atoms with Crippen LogP contribution in [-0.4, -0.2) is 46.2 Å². The molecular formula is C14H20ClN3O3S. The summed E-state index contributed by atoms with van der Waals surface area (Å²) in [6, 6.07) is 1.47. The zero-order chi connectivity index (χ0) is 15.6. The molecule has 1 N–H and O–H groups in total. The van der Waals surface area contributed by atoms with E-state index in [1.807, 2.05) is 4.90 Å². The molecule has 6 nitrogen and oxygen atoms in total. The van der Waals surface area contributed by atoms with Gasteiger partial charge >= 0.3 is 0 Å². The minimum atomic E-state index is -3.54. The fourth-order valence-corrected chi connectivity index (χ4v) is 3.82. The summed E-state index contributed by atoms with van der Waals surface area (Å²) >= 11 is 6.23. The Balaban J connectivity index is 1.69. The van der Waals surface area contributed by atoms with Gasteiger partial charge in [0.1, 0.15) is 10.7 Å². The molecule has 0 spiro atoms. The average molecular weight is 346 g/mol. The number of ether oxygens (including phenoxy) is 1. The maximum Gasteiger partial charge on any atom is 0.242 e. The summed E-state index contributed by atoms with van der Waals surface area (Å²) in [5.41, 5.74) is 0. The molecule has 0 radical (unpaired) electrons. The maximum absolute atomic E-state index is 12.2. The highest BCUT2D eigenvalue weighted by atomic mass is 35.5. The van der Waals surface area contributed by atoms with E-state index in [1.165, 1.54) is 25.1 Å². The van der Waals surface area contributed by atoms with Crippen LogP contribution in [0.5, 0.6) is 0 Å². The Kier molecular flexibility index (Phi) is 4.87. The van der Waals surface area contributed by atoms with E-state index in [4.69, 9.17) is 16.3 Å². The van der Waals surface area contributed by atoms with Crippen molar-refractivity contribution in [2.45, 2.75) is 24.2 Å². The summed E-state index contributed by atoms with van der Waals surface area (Å²) in [5, 5.41) is 0.354. The van der Waals surface area contributed by atoms with Crippen molar-refractivity contribution in [3.05, 3.63) is 17.3 Å². The lowest BCUT2D eigenvalue weighted by Crippen LogP contribution is -2.37. The zero-order valence-corrected chi connectivity index (χ0v) is 13.9. The number of morpholine rings is 1. The van der Waals surface area contributed by atoms with Gasteiger partial charge < -0.3 is 9.64 Å². The highest BCUT2D eigenvalue weighted by Gasteiger charge is 2.23. The second-order valence-electron chi connectivity index (χ2n) is 5.71. The molecule has 2 heterocycles. The maximum atomic E-state index is 12.2. The van der Waals surface area contributed by atoms with Crippen LogP contribution in [-0.2, 0) is 14.8 Å². The van der Waals surface area contributed by atoms with E-state index in [0.717, 1.165) is 6.42 Å². The van der Waals surface area contributed by atoms with Gasteiger partial charge in [-0.15, -0.1) is 0 Å². The van der Waals surface area contributed by atoms with Gasteiger partial charge in [-0.3, -0.25) is 0 Å². The van der Waals surface area contributed by atoms with Gasteiger partial charge in [-0.1, -0.05) is 24.4 Å². The minimum Gasteiger partial charge on any atom is -0.378 e. The van der Waals surface area contributed by atoms with Gasteiger partial charge in [-0.2, -0.15) is 0 Å². The third-order valence-electron chi connectivity index (χ3n) is 3.96. The second-order valence-corrected chi connectivity index (χ2v) is 7.88. The van der Waals surface area contributed by atoms with E-state index in [2.05, 4.69) is 9.71 Å². The molecule has 0 unspecified atom stereocenters. The third kappa shape index (κ3) is 3.90. The van der Waals surface area contributed by atoms with Gasteiger partial charge in [-0.25, -0.2) is 18.1 Å². The molecule has 1 aliphatic heterocycles. The normalized spacial score (nSPS) is 19.4. The van der Waals surface area contributed by atoms with E-state index in [-0.39, 0.29) is 4.90 Å². The van der Waals surface area contributed by atoms with Crippen LogP contribution in [0.25, 0.3) is 0 Å². The number of hydrogen-bond donors (Lipinski definition) is 1. The SMILES string of the molecule is O=S(=O)(NCCC1CC1)c1cnc(N2CCOCC2)c(Cl)c1. The number of nitrogens with one attached hydrogen (secondary N) is 1. The molecule has 8 heteroatoms. The topological polar surface area (TPSA) is 71.5 Å². The van der Waals surface area contributed by atoms with Crippen LogP contribution in [0.4, 0.5) is 5.82 Å². The van der Waals surface area contributed by atoms with E-state index < -0.39 is 10.0 Å². The fraction of sp³-hybridized carbons (Fsp3) is 0.643. The fourth-order valence-electron chi connectivity index (χ4n) is 2.46. The van der Waals surface area contributed by atoms with Crippen LogP contribution in [0.3, 0.4) is 0 Å². The van der Waals surface area contributed by atoms with Crippen molar-refractivity contribution >= 4 is 27.4 Å². The molecule has 0 aromatic carbocycles. The first-order valence-corrected chi connectivity index (χ1v) is 9.40. The Morgan fingerprint density at radius 2 is 2.09 bits per heavy atom. The Labute approximate surface area is 135 Å². The van der Waals surface area contributed by atoms with Gasteiger partial charge in [0.2, 0.25) is 10.0 Å². The average Bonchev–Trinajstić information content (AvgIpc) is 3.32. The Bertz CT molecular complexity index is 628. The summed E-state index contributed by atoms with van der Waals surface area (Å²) in [6.45, 7) is 3.13. The highest BCUT2D eigenvalue weighted by Crippen LogP contribution is 2.32. The number of nitrogens with zero attached hydrogens (tertiary/aromatic N) is 2. The Morgan fingerprint density at radius 3 is 2.73 bits per heavy atom. The molecule has 2 aliphatic rings. The van der Waals surface area contributed by atoms with Crippen LogP contribution in [0.2, 0.25) is 5.02 Å². The van der Waals surface area contributed by atoms with Crippen molar-refractivity contribution in [2.24, 2.45) is 5.92 Å². The van der Waals surface area contributed by atoms with E-state index >= 15 is 0 Å². The van der Waals surface area contributed by atoms with Gasteiger partial charge in [0, 0.05) is 25.8 Å². The summed E-state index contributed by atoms with van der Waals surface area (Å²) in [4.78, 5) is 6.36. The summed E-state index contributed by atoms with van der Waals surface area (Å²) in [6.07, 6.45) is 4.69. The lowest BCUT2D eigenvalue weighted by molar-refractivity contribution is 0.122. The number of pyridine rings is 1. The largest absolute Gasteiger partial charge is 0.378 e. The first-order valence-electron chi connectivity index (χ1n) is 7.54. The van der Waals surface area contributed by atoms with Crippen LogP contribution in [0.1, 0.15) is 19.3 Å². The first-order chi connectivity index (χ1) is 10.6. The van der Waals surface area contributed by atoms with Gasteiger partial charge in [-0.05, 0) is 18.4 Å². The number of halogens is 1. The molecule has 0 amide bonds. The first kappa shape index (κ1) is 16.0. The smallest absolute Gasteiger partial charge is 0.242 e. The van der Waals surface area contributed by atoms with Crippen LogP contribution in [0.15, 0.2) is 17.2 Å². The van der Waals surface area contributed by atoms with Crippen molar-refractivity contribution in [2.75, 3.05) is 37.7 Å². The molecule has 1 saturated carbocycles. The highest BCUT2D eigenvalue weighted by molar-refractivity contribution is 7.89. The molecule has 0 bridgehead atoms. The molecule has 22 heavy (non-hydrogen) atoms. The predicted octanol–water partition coefficient (Wildman–Crippen LogP) is 1.65. The standard InChI is InChI=1S/C14H20ClN3O3S/c15-13-9-12(22(19,20)17-4-3-11-1-2-11)10-16-14(13)18-5-7-21-8-6-18/h9-11,17H,1-8H2. The third-order valence-corrected chi connectivity index (χ3v) is 5.67. The number of hydrogen-bond acceptors (Lipinski definition) is 5. The van der Waals surface area contributed by atoms with E-state index in [9.17, 15) is 8.42 Å². The molecule has 1 aromatic heterocycles. The molecule has 1 saturated heterocycles. The summed E-state index contributed by atoms with van der Waals surface area (Å²) in [5.74, 6) is 1.30. The number of anilines is 1. The van der Waals surface area contributed by atoms with Gasteiger partial charge in [0.05, 0.1) is 18.2 Å². The van der Waals surface area contributed by atoms with E-state index in [0.29, 0.717) is 49.6 Å². The van der Waals surface area contributed by atoms with Crippen LogP contribution < -0.4 is 9.62 Å². The van der Waals surface area contributed by atoms with Crippen LogP contribution >= 0.6 is 11.6 Å². The van der Waals surface area contributed by atoms with Crippen molar-refractivity contribution in [3.8, 4) is 0 Å². The van der Waals surface area contributed by atoms with Crippen molar-refractivity contribution in [1.82, 2.24) is 9.71 Å². The summed E-state index contributed by atoms with van der Waals surface area (Å²) < 4.78 is 32.4. The molecular weight excluding hydrogens is 326 g/mol. The molecule has 2 fully saturated rings. The predicted molar refractivity (Wildman–Crippen MR) is 84.8 cm³/mol. The molecule has 122 valence electrons. The lowest BCUT2D eigenvalue weighted by Gasteiger charge is -2.28. The van der Waals surface area contributed by atoms with Crippen molar-refractivity contribution in [1.29, 1.82) is 0 Å². The molecule has 1 aliphatic carbocycles. The van der Waals surface area contributed by atoms with E-state index in [1.54, 1.807) is 0 Å². The Hall–Kier alpha value is -0.890.